The van der Waals surface area contributed by atoms with Gasteiger partial charge in [0.1, 0.15) is 12.6 Å². The van der Waals surface area contributed by atoms with Crippen LogP contribution in [0, 0.1) is 26.7 Å². The third-order valence-corrected chi connectivity index (χ3v) is 7.19. The van der Waals surface area contributed by atoms with Crippen molar-refractivity contribution in [3.05, 3.63) is 64.7 Å². The smallest absolute Gasteiger partial charge is 0.244 e. The van der Waals surface area contributed by atoms with E-state index in [1.807, 2.05) is 71.9 Å². The normalized spacial score (nSPS) is 12.3. The molecule has 8 heteroatoms. The molecule has 0 aliphatic carbocycles. The summed E-state index contributed by atoms with van der Waals surface area (Å²) in [6.07, 6.45) is 1.50. The fraction of sp³-hybridized carbons (Fsp3) is 0.481. The first kappa shape index (κ1) is 28.4. The quantitative estimate of drug-likeness (QED) is 0.505. The highest BCUT2D eigenvalue weighted by atomic mass is 32.2. The van der Waals surface area contributed by atoms with E-state index in [1.165, 1.54) is 4.90 Å². The number of carbonyl (C=O) groups is 2. The molecule has 2 amide bonds. The number of benzene rings is 2. The molecule has 0 saturated heterocycles. The van der Waals surface area contributed by atoms with Gasteiger partial charge in [-0.15, -0.1) is 0 Å². The van der Waals surface area contributed by atoms with Crippen LogP contribution in [0.15, 0.2) is 42.5 Å². The number of carbonyl (C=O) groups excluding carboxylic acids is 2. The van der Waals surface area contributed by atoms with Crippen molar-refractivity contribution in [2.45, 2.75) is 60.5 Å². The summed E-state index contributed by atoms with van der Waals surface area (Å²) >= 11 is 0. The van der Waals surface area contributed by atoms with Crippen molar-refractivity contribution >= 4 is 27.5 Å². The second-order valence-corrected chi connectivity index (χ2v) is 11.5. The van der Waals surface area contributed by atoms with Gasteiger partial charge in [0.2, 0.25) is 21.8 Å². The molecule has 192 valence electrons. The number of amides is 2. The maximum absolute atomic E-state index is 13.7. The van der Waals surface area contributed by atoms with Crippen LogP contribution in [0.5, 0.6) is 0 Å². The number of hydrogen-bond donors (Lipinski definition) is 1. The van der Waals surface area contributed by atoms with E-state index in [9.17, 15) is 18.0 Å². The van der Waals surface area contributed by atoms with Crippen LogP contribution in [0.1, 0.15) is 49.4 Å². The van der Waals surface area contributed by atoms with Gasteiger partial charge in [0.25, 0.3) is 0 Å². The maximum atomic E-state index is 13.7. The summed E-state index contributed by atoms with van der Waals surface area (Å²) < 4.78 is 26.7. The molecule has 7 nitrogen and oxygen atoms in total. The van der Waals surface area contributed by atoms with Crippen LogP contribution < -0.4 is 9.62 Å². The average molecular weight is 502 g/mol. The second kappa shape index (κ2) is 12.2. The number of sulfonamides is 1. The van der Waals surface area contributed by atoms with E-state index >= 15 is 0 Å². The molecule has 2 aromatic rings. The van der Waals surface area contributed by atoms with Gasteiger partial charge in [0.15, 0.2) is 0 Å². The van der Waals surface area contributed by atoms with E-state index in [4.69, 9.17) is 0 Å². The third kappa shape index (κ3) is 7.82. The van der Waals surface area contributed by atoms with Gasteiger partial charge in [-0.25, -0.2) is 8.42 Å². The zero-order valence-corrected chi connectivity index (χ0v) is 22.8. The molecule has 0 aliphatic rings. The van der Waals surface area contributed by atoms with Crippen LogP contribution in [-0.4, -0.2) is 50.5 Å². The van der Waals surface area contributed by atoms with Crippen molar-refractivity contribution in [1.82, 2.24) is 10.2 Å². The van der Waals surface area contributed by atoms with Crippen molar-refractivity contribution in [1.29, 1.82) is 0 Å². The summed E-state index contributed by atoms with van der Waals surface area (Å²) in [5.41, 5.74) is 4.15. The summed E-state index contributed by atoms with van der Waals surface area (Å²) in [6.45, 7) is 11.9. The number of aryl methyl sites for hydroxylation is 2. The largest absolute Gasteiger partial charge is 0.354 e. The monoisotopic (exact) mass is 501 g/mol. The summed E-state index contributed by atoms with van der Waals surface area (Å²) in [7, 11) is -3.75. The lowest BCUT2D eigenvalue weighted by Gasteiger charge is -2.33. The standard InChI is InChI=1S/C27H39N3O4S/c1-8-24(27(32)28-16-19(2)3)29(17-23-14-12-20(4)13-15-23)26(31)18-30(35(7,33)34)25-11-9-10-21(5)22(25)6/h9-15,19,24H,8,16-18H2,1-7H3,(H,28,32)/t24-/m0/s1. The molecule has 0 radical (unpaired) electrons. The molecular formula is C27H39N3O4S. The second-order valence-electron chi connectivity index (χ2n) is 9.56. The molecule has 1 atom stereocenters. The molecule has 0 aliphatic heterocycles. The fourth-order valence-corrected chi connectivity index (χ4v) is 4.73. The lowest BCUT2D eigenvalue weighted by atomic mass is 10.1. The lowest BCUT2D eigenvalue weighted by molar-refractivity contribution is -0.140. The van der Waals surface area contributed by atoms with Gasteiger partial charge in [-0.2, -0.15) is 0 Å². The number of rotatable bonds is 11. The highest BCUT2D eigenvalue weighted by Crippen LogP contribution is 2.25. The number of hydrogen-bond acceptors (Lipinski definition) is 4. The molecule has 0 fully saturated rings. The molecule has 2 rings (SSSR count). The predicted octanol–water partition coefficient (Wildman–Crippen LogP) is 3.96. The van der Waals surface area contributed by atoms with E-state index in [1.54, 1.807) is 12.1 Å². The minimum absolute atomic E-state index is 0.205. The molecule has 0 bridgehead atoms. The van der Waals surface area contributed by atoms with Crippen molar-refractivity contribution in [3.8, 4) is 0 Å². The third-order valence-electron chi connectivity index (χ3n) is 6.07. The zero-order chi connectivity index (χ0) is 26.3. The first-order chi connectivity index (χ1) is 16.3. The first-order valence-electron chi connectivity index (χ1n) is 12.0. The molecule has 0 unspecified atom stereocenters. The summed E-state index contributed by atoms with van der Waals surface area (Å²) in [5, 5.41) is 2.93. The number of nitrogens with one attached hydrogen (secondary N) is 1. The van der Waals surface area contributed by atoms with Crippen LogP contribution in [0.25, 0.3) is 0 Å². The van der Waals surface area contributed by atoms with E-state index in [0.29, 0.717) is 18.7 Å². The van der Waals surface area contributed by atoms with E-state index in [-0.39, 0.29) is 24.9 Å². The highest BCUT2D eigenvalue weighted by Gasteiger charge is 2.32. The fourth-order valence-electron chi connectivity index (χ4n) is 3.83. The summed E-state index contributed by atoms with van der Waals surface area (Å²) in [6, 6.07) is 12.4. The Labute approximate surface area is 210 Å². The van der Waals surface area contributed by atoms with Crippen molar-refractivity contribution < 1.29 is 18.0 Å². The van der Waals surface area contributed by atoms with Gasteiger partial charge < -0.3 is 10.2 Å². The van der Waals surface area contributed by atoms with Crippen LogP contribution >= 0.6 is 0 Å². The van der Waals surface area contributed by atoms with Gasteiger partial charge in [-0.3, -0.25) is 13.9 Å². The Hall–Kier alpha value is -2.87. The molecule has 0 aromatic heterocycles. The van der Waals surface area contributed by atoms with Gasteiger partial charge in [-0.05, 0) is 55.9 Å². The summed E-state index contributed by atoms with van der Waals surface area (Å²) in [4.78, 5) is 28.3. The summed E-state index contributed by atoms with van der Waals surface area (Å²) in [5.74, 6) is -0.398. The number of anilines is 1. The molecule has 0 heterocycles. The molecule has 0 spiro atoms. The highest BCUT2D eigenvalue weighted by molar-refractivity contribution is 7.92. The van der Waals surface area contributed by atoms with E-state index < -0.39 is 22.0 Å². The molecule has 1 N–H and O–H groups in total. The van der Waals surface area contributed by atoms with Crippen LogP contribution in [0.2, 0.25) is 0 Å². The first-order valence-corrected chi connectivity index (χ1v) is 13.9. The minimum atomic E-state index is -3.75. The van der Waals surface area contributed by atoms with Crippen LogP contribution in [0.3, 0.4) is 0 Å². The molecule has 2 aromatic carbocycles. The van der Waals surface area contributed by atoms with E-state index in [0.717, 1.165) is 32.8 Å². The van der Waals surface area contributed by atoms with Gasteiger partial charge in [-0.1, -0.05) is 62.7 Å². The van der Waals surface area contributed by atoms with Gasteiger partial charge in [0, 0.05) is 13.1 Å². The van der Waals surface area contributed by atoms with Crippen molar-refractivity contribution in [2.24, 2.45) is 5.92 Å². The Kier molecular flexibility index (Phi) is 9.89. The van der Waals surface area contributed by atoms with Crippen LogP contribution in [0.4, 0.5) is 5.69 Å². The van der Waals surface area contributed by atoms with Gasteiger partial charge in [0.05, 0.1) is 11.9 Å². The molecule has 0 saturated carbocycles. The lowest BCUT2D eigenvalue weighted by Crippen LogP contribution is -2.52. The maximum Gasteiger partial charge on any atom is 0.244 e. The minimum Gasteiger partial charge on any atom is -0.354 e. The topological polar surface area (TPSA) is 86.8 Å². The Morgan fingerprint density at radius 1 is 1.00 bits per heavy atom. The predicted molar refractivity (Wildman–Crippen MR) is 142 cm³/mol. The SMILES string of the molecule is CC[C@@H](C(=O)NCC(C)C)N(Cc1ccc(C)cc1)C(=O)CN(c1cccc(C)c1C)S(C)(=O)=O. The Balaban J connectivity index is 2.45. The molecule has 35 heavy (non-hydrogen) atoms. The Morgan fingerprint density at radius 2 is 1.63 bits per heavy atom. The average Bonchev–Trinajstić information content (AvgIpc) is 2.78. The Morgan fingerprint density at radius 3 is 2.17 bits per heavy atom. The van der Waals surface area contributed by atoms with Crippen molar-refractivity contribution in [2.75, 3.05) is 23.7 Å². The van der Waals surface area contributed by atoms with Gasteiger partial charge >= 0.3 is 0 Å². The number of nitrogens with zero attached hydrogens (tertiary/aromatic N) is 2. The Bertz CT molecular complexity index is 1130. The van der Waals surface area contributed by atoms with Crippen molar-refractivity contribution in [3.63, 3.8) is 0 Å². The van der Waals surface area contributed by atoms with E-state index in [2.05, 4.69) is 5.32 Å². The molecular weight excluding hydrogens is 462 g/mol. The zero-order valence-electron chi connectivity index (χ0n) is 22.0. The van der Waals surface area contributed by atoms with Crippen LogP contribution in [-0.2, 0) is 26.2 Å².